The fourth-order valence-electron chi connectivity index (χ4n) is 5.99. The van der Waals surface area contributed by atoms with E-state index >= 15 is 0 Å². The van der Waals surface area contributed by atoms with Gasteiger partial charge in [-0.3, -0.25) is 0 Å². The van der Waals surface area contributed by atoms with E-state index in [1.54, 1.807) is 18.2 Å². The maximum atomic E-state index is 9.38. The first-order valence-electron chi connectivity index (χ1n) is 22.5. The first-order chi connectivity index (χ1) is 30.6. The van der Waals surface area contributed by atoms with Crippen molar-refractivity contribution in [2.24, 2.45) is 0 Å². The number of nitrogens with zero attached hydrogens (tertiary/aromatic N) is 3. The fraction of sp³-hybridized carbons (Fsp3) is 0. The molecule has 0 atom stereocenters. The van der Waals surface area contributed by atoms with Crippen molar-refractivity contribution >= 4 is 43.9 Å². The predicted octanol–water partition coefficient (Wildman–Crippen LogP) is 12.0. The van der Waals surface area contributed by atoms with Crippen molar-refractivity contribution in [3.05, 3.63) is 163 Å². The van der Waals surface area contributed by atoms with Gasteiger partial charge in [-0.05, 0) is 58.5 Å². The molecule has 50 heavy (non-hydrogen) atoms. The molecule has 0 aliphatic rings. The van der Waals surface area contributed by atoms with E-state index in [9.17, 15) is 4.11 Å². The molecule has 0 N–H and O–H groups in total. The number of benzene rings is 7. The highest BCUT2D eigenvalue weighted by atomic mass is 16.3. The van der Waals surface area contributed by atoms with E-state index in [1.165, 1.54) is 0 Å². The summed E-state index contributed by atoms with van der Waals surface area (Å²) in [4.78, 5) is 14.1. The summed E-state index contributed by atoms with van der Waals surface area (Å²) in [6.45, 7) is 0. The number of rotatable bonds is 5. The molecule has 0 amide bonds. The summed E-state index contributed by atoms with van der Waals surface area (Å²) < 4.78 is 134. The second kappa shape index (κ2) is 11.4. The molecule has 0 saturated carbocycles. The van der Waals surface area contributed by atoms with Gasteiger partial charge in [0.05, 0.1) is 19.2 Å². The molecule has 234 valence electrons. The van der Waals surface area contributed by atoms with Crippen LogP contribution in [0.3, 0.4) is 0 Å². The minimum atomic E-state index is -0.638. The second-order valence-corrected chi connectivity index (χ2v) is 11.4. The molecular formula is C45H27N3O2. The number of furan rings is 2. The Kier molecular flexibility index (Phi) is 3.99. The molecule has 10 aromatic rings. The quantitative estimate of drug-likeness (QED) is 0.185. The van der Waals surface area contributed by atoms with Gasteiger partial charge in [-0.25, -0.2) is 15.0 Å². The lowest BCUT2D eigenvalue weighted by Gasteiger charge is -2.11. The molecule has 5 nitrogen and oxygen atoms in total. The molecule has 0 radical (unpaired) electrons. The third-order valence-corrected chi connectivity index (χ3v) is 8.36. The number of aromatic nitrogens is 3. The molecule has 0 aliphatic heterocycles. The first kappa shape index (κ1) is 17.5. The van der Waals surface area contributed by atoms with Crippen LogP contribution in [0.15, 0.2) is 172 Å². The van der Waals surface area contributed by atoms with Crippen LogP contribution >= 0.6 is 0 Å². The smallest absolute Gasteiger partial charge is 0.164 e. The topological polar surface area (TPSA) is 65.0 Å². The minimum Gasteiger partial charge on any atom is -0.456 e. The highest BCUT2D eigenvalue weighted by molar-refractivity contribution is 6.12. The van der Waals surface area contributed by atoms with Crippen LogP contribution in [0.5, 0.6) is 0 Å². The molecular weight excluding hydrogens is 615 g/mol. The summed E-state index contributed by atoms with van der Waals surface area (Å²) in [6.07, 6.45) is 0. The first-order valence-corrected chi connectivity index (χ1v) is 15.5. The lowest BCUT2D eigenvalue weighted by atomic mass is 9.99. The van der Waals surface area contributed by atoms with Crippen molar-refractivity contribution < 1.29 is 28.0 Å². The SMILES string of the molecule is [2H]c1c([2H])c([2H])c2c(oc3c([2H])c(-c4nc(-c5cccc(-c6ccc(-c7ccccc7)cc6)c5)nc(-c5c([2H])c([2H])c([2H])c6oc7c([2H])c([2H])c([2H])c([2H])c7c56)n4)c([2H])c([2H])c32)c1[2H]. The van der Waals surface area contributed by atoms with Gasteiger partial charge in [0.25, 0.3) is 0 Å². The summed E-state index contributed by atoms with van der Waals surface area (Å²) in [6, 6.07) is 16.8. The van der Waals surface area contributed by atoms with E-state index < -0.39 is 84.6 Å². The molecule has 0 fully saturated rings. The average Bonchev–Trinajstić information content (AvgIpc) is 3.92. The molecule has 0 aliphatic carbocycles. The van der Waals surface area contributed by atoms with Gasteiger partial charge in [0.2, 0.25) is 0 Å². The number of hydrogen-bond donors (Lipinski definition) is 0. The van der Waals surface area contributed by atoms with Gasteiger partial charge in [0.1, 0.15) is 22.3 Å². The van der Waals surface area contributed by atoms with Crippen LogP contribution in [-0.2, 0) is 0 Å². The monoisotopic (exact) mass is 655 g/mol. The maximum Gasteiger partial charge on any atom is 0.164 e. The van der Waals surface area contributed by atoms with Gasteiger partial charge >= 0.3 is 0 Å². The lowest BCUT2D eigenvalue weighted by Crippen LogP contribution is -2.00. The molecule has 0 spiro atoms. The lowest BCUT2D eigenvalue weighted by molar-refractivity contribution is 0.668. The van der Waals surface area contributed by atoms with Crippen molar-refractivity contribution in [2.45, 2.75) is 0 Å². The van der Waals surface area contributed by atoms with E-state index in [0.717, 1.165) is 22.3 Å². The van der Waals surface area contributed by atoms with E-state index in [2.05, 4.69) is 4.98 Å². The van der Waals surface area contributed by atoms with E-state index in [1.807, 2.05) is 60.7 Å². The molecule has 3 aromatic heterocycles. The molecule has 0 saturated heterocycles. The summed E-state index contributed by atoms with van der Waals surface area (Å²) in [5, 5.41) is -0.721. The zero-order chi connectivity index (χ0) is 45.2. The molecule has 10 rings (SSSR count). The highest BCUT2D eigenvalue weighted by Crippen LogP contribution is 2.38. The van der Waals surface area contributed by atoms with Crippen LogP contribution < -0.4 is 0 Å². The van der Waals surface area contributed by atoms with E-state index in [-0.39, 0.29) is 72.5 Å². The Bertz CT molecular complexity index is 3670. The Morgan fingerprint density at radius 1 is 0.400 bits per heavy atom. The Balaban J connectivity index is 1.27. The van der Waals surface area contributed by atoms with Crippen molar-refractivity contribution in [3.63, 3.8) is 0 Å². The Morgan fingerprint density at radius 3 is 1.80 bits per heavy atom. The zero-order valence-electron chi connectivity index (χ0n) is 39.7. The minimum absolute atomic E-state index is 0.0684. The van der Waals surface area contributed by atoms with Gasteiger partial charge in [-0.1, -0.05) is 127 Å². The van der Waals surface area contributed by atoms with Crippen LogP contribution in [0, 0.1) is 0 Å². The molecule has 7 aromatic carbocycles. The van der Waals surface area contributed by atoms with Crippen molar-refractivity contribution in [2.75, 3.05) is 0 Å². The number of fused-ring (bicyclic) bond motifs is 6. The number of hydrogen-bond acceptors (Lipinski definition) is 5. The van der Waals surface area contributed by atoms with Gasteiger partial charge in [0.15, 0.2) is 17.5 Å². The van der Waals surface area contributed by atoms with Crippen LogP contribution in [0.4, 0.5) is 0 Å². The largest absolute Gasteiger partial charge is 0.456 e. The highest BCUT2D eigenvalue weighted by Gasteiger charge is 2.19. The number of para-hydroxylation sites is 2. The maximum absolute atomic E-state index is 9.38. The van der Waals surface area contributed by atoms with Crippen molar-refractivity contribution in [1.29, 1.82) is 0 Å². The van der Waals surface area contributed by atoms with Gasteiger partial charge in [-0.15, -0.1) is 0 Å². The average molecular weight is 656 g/mol. The normalized spacial score (nSPS) is 15.5. The summed E-state index contributed by atoms with van der Waals surface area (Å²) in [5.41, 5.74) is 2.05. The summed E-state index contributed by atoms with van der Waals surface area (Å²) in [7, 11) is 0. The zero-order valence-corrected chi connectivity index (χ0v) is 25.7. The molecule has 3 heterocycles. The second-order valence-electron chi connectivity index (χ2n) is 11.4. The predicted molar refractivity (Wildman–Crippen MR) is 202 cm³/mol. The van der Waals surface area contributed by atoms with E-state index in [4.69, 9.17) is 33.9 Å². The van der Waals surface area contributed by atoms with Crippen LogP contribution in [0.1, 0.15) is 19.2 Å². The molecule has 5 heteroatoms. The van der Waals surface area contributed by atoms with Gasteiger partial charge in [-0.2, -0.15) is 0 Å². The molecule has 0 bridgehead atoms. The standard InChI is InChI=1S/C45H27N3O2/c1-2-10-28(11-3-1)29-20-22-30(23-21-29)31-12-8-13-32(26-31)43-46-44(33-24-25-35-34-14-4-6-17-38(34)50-41(35)27-33)48-45(47-43)37-16-9-19-40-42(37)36-15-5-7-18-39(36)49-40/h1-27H/i4D,5D,6D,7D,9D,14D,15D,16D,17D,18D,19D,24D,25D,27D. The van der Waals surface area contributed by atoms with Crippen molar-refractivity contribution in [1.82, 2.24) is 15.0 Å². The Hall–Kier alpha value is -6.85. The summed E-state index contributed by atoms with van der Waals surface area (Å²) >= 11 is 0. The summed E-state index contributed by atoms with van der Waals surface area (Å²) in [5.74, 6) is -0.807. The van der Waals surface area contributed by atoms with Crippen LogP contribution in [-0.4, -0.2) is 15.0 Å². The Morgan fingerprint density at radius 2 is 0.980 bits per heavy atom. The fourth-order valence-corrected chi connectivity index (χ4v) is 5.99. The van der Waals surface area contributed by atoms with Crippen LogP contribution in [0.25, 0.3) is 100 Å². The van der Waals surface area contributed by atoms with Gasteiger partial charge in [0, 0.05) is 38.2 Å². The van der Waals surface area contributed by atoms with Crippen molar-refractivity contribution in [3.8, 4) is 56.4 Å². The Labute approximate surface area is 306 Å². The third kappa shape index (κ3) is 4.75. The third-order valence-electron chi connectivity index (χ3n) is 8.36. The van der Waals surface area contributed by atoms with E-state index in [0.29, 0.717) is 5.56 Å². The van der Waals surface area contributed by atoms with Crippen LogP contribution in [0.2, 0.25) is 0 Å². The van der Waals surface area contributed by atoms with Gasteiger partial charge < -0.3 is 8.83 Å². The molecule has 0 unspecified atom stereocenters.